The Morgan fingerprint density at radius 2 is 1.86 bits per heavy atom. The number of carbonyl (C=O) groups is 3. The lowest BCUT2D eigenvalue weighted by atomic mass is 10.0. The Kier molecular flexibility index (Phi) is 8.69. The first-order valence-corrected chi connectivity index (χ1v) is 13.2. The summed E-state index contributed by atoms with van der Waals surface area (Å²) in [6.45, 7) is 4.58. The van der Waals surface area contributed by atoms with Gasteiger partial charge in [-0.3, -0.25) is 19.3 Å². The molecule has 0 radical (unpaired) electrons. The zero-order valence-electron chi connectivity index (χ0n) is 20.4. The number of fused-ring (bicyclic) bond motifs is 2. The van der Waals surface area contributed by atoms with Gasteiger partial charge in [0.2, 0.25) is 11.8 Å². The van der Waals surface area contributed by atoms with Gasteiger partial charge >= 0.3 is 5.97 Å². The maximum atomic E-state index is 12.6. The van der Waals surface area contributed by atoms with Crippen molar-refractivity contribution < 1.29 is 19.1 Å². The van der Waals surface area contributed by atoms with Crippen molar-refractivity contribution in [3.63, 3.8) is 0 Å². The Bertz CT molecular complexity index is 1320. The van der Waals surface area contributed by atoms with Gasteiger partial charge in [-0.05, 0) is 47.3 Å². The van der Waals surface area contributed by atoms with Crippen molar-refractivity contribution in [3.8, 4) is 0 Å². The highest BCUT2D eigenvalue weighted by atomic mass is 35.5. The number of imide groups is 1. The molecular formula is C26H28Cl2N4O4S. The van der Waals surface area contributed by atoms with E-state index in [2.05, 4.69) is 37.1 Å². The van der Waals surface area contributed by atoms with Crippen LogP contribution in [-0.4, -0.2) is 66.9 Å². The number of halogens is 2. The van der Waals surface area contributed by atoms with Crippen LogP contribution < -0.4 is 9.80 Å². The second kappa shape index (κ2) is 11.8. The minimum atomic E-state index is -0.482. The van der Waals surface area contributed by atoms with Gasteiger partial charge in [-0.15, -0.1) is 12.4 Å². The number of amides is 2. The Labute approximate surface area is 230 Å². The monoisotopic (exact) mass is 562 g/mol. The van der Waals surface area contributed by atoms with E-state index in [-0.39, 0.29) is 37.6 Å². The average molecular weight is 564 g/mol. The molecule has 0 saturated carbocycles. The number of piperazine rings is 1. The fourth-order valence-electron chi connectivity index (χ4n) is 4.84. The van der Waals surface area contributed by atoms with Gasteiger partial charge < -0.3 is 9.64 Å². The molecule has 0 atom stereocenters. The summed E-state index contributed by atoms with van der Waals surface area (Å²) in [5, 5.41) is 1.76. The third-order valence-corrected chi connectivity index (χ3v) is 8.00. The number of anilines is 2. The molecule has 3 aromatic rings. The lowest BCUT2D eigenvalue weighted by molar-refractivity contribution is -0.142. The molecule has 2 aliphatic rings. The highest BCUT2D eigenvalue weighted by Crippen LogP contribution is 2.35. The van der Waals surface area contributed by atoms with Crippen LogP contribution in [0.2, 0.25) is 5.02 Å². The molecule has 1 fully saturated rings. The fraction of sp³-hybridized carbons (Fsp3) is 0.385. The van der Waals surface area contributed by atoms with Gasteiger partial charge in [0.05, 0.1) is 30.3 Å². The third-order valence-electron chi connectivity index (χ3n) is 6.83. The van der Waals surface area contributed by atoms with Crippen LogP contribution in [0.5, 0.6) is 0 Å². The van der Waals surface area contributed by atoms with Crippen molar-refractivity contribution in [3.05, 3.63) is 52.5 Å². The zero-order valence-corrected chi connectivity index (χ0v) is 22.8. The summed E-state index contributed by atoms with van der Waals surface area (Å²) in [5.41, 5.74) is 2.29. The average Bonchev–Trinajstić information content (AvgIpc) is 3.46. The highest BCUT2D eigenvalue weighted by molar-refractivity contribution is 7.13. The largest absolute Gasteiger partial charge is 0.469 e. The van der Waals surface area contributed by atoms with E-state index in [1.54, 1.807) is 17.6 Å². The van der Waals surface area contributed by atoms with Gasteiger partial charge in [-0.25, -0.2) is 4.90 Å². The molecule has 196 valence electrons. The zero-order chi connectivity index (χ0) is 25.2. The van der Waals surface area contributed by atoms with E-state index in [0.29, 0.717) is 10.7 Å². The van der Waals surface area contributed by atoms with E-state index < -0.39 is 11.9 Å². The first-order chi connectivity index (χ1) is 17.4. The number of ether oxygens (including phenoxy) is 1. The number of esters is 1. The SMILES string of the molecule is COC(=O)CCC(=O)N1C(=O)Cc2cc(CCN3CCN(c4nsc5ccccc45)CC3)c(Cl)cc21.Cl. The van der Waals surface area contributed by atoms with Crippen LogP contribution in [0.1, 0.15) is 24.0 Å². The number of benzene rings is 2. The van der Waals surface area contributed by atoms with Crippen LogP contribution in [0.25, 0.3) is 10.1 Å². The number of hydrogen-bond donors (Lipinski definition) is 0. The first-order valence-electron chi connectivity index (χ1n) is 12.0. The molecule has 2 amide bonds. The molecule has 8 nitrogen and oxygen atoms in total. The standard InChI is InChI=1S/C26H27ClN4O4S.ClH/c1-35-25(34)7-6-23(32)31-21-16-20(27)17(14-18(21)15-24(31)33)8-9-29-10-12-30(13-11-29)26-19-4-2-3-5-22(19)36-28-26;/h2-5,14,16H,6-13,15H2,1H3;1H. The molecule has 0 unspecified atom stereocenters. The van der Waals surface area contributed by atoms with Gasteiger partial charge in [0, 0.05) is 49.6 Å². The van der Waals surface area contributed by atoms with Crippen LogP contribution in [0, 0.1) is 0 Å². The quantitative estimate of drug-likeness (QED) is 0.401. The van der Waals surface area contributed by atoms with Crippen molar-refractivity contribution in [2.45, 2.75) is 25.7 Å². The van der Waals surface area contributed by atoms with E-state index >= 15 is 0 Å². The van der Waals surface area contributed by atoms with Crippen molar-refractivity contribution >= 4 is 74.9 Å². The molecule has 0 N–H and O–H groups in total. The Morgan fingerprint density at radius 3 is 2.62 bits per heavy atom. The molecule has 2 aromatic carbocycles. The van der Waals surface area contributed by atoms with E-state index in [0.717, 1.165) is 61.0 Å². The van der Waals surface area contributed by atoms with Crippen molar-refractivity contribution in [1.29, 1.82) is 0 Å². The molecule has 0 bridgehead atoms. The smallest absolute Gasteiger partial charge is 0.306 e. The summed E-state index contributed by atoms with van der Waals surface area (Å²) < 4.78 is 10.5. The maximum Gasteiger partial charge on any atom is 0.306 e. The van der Waals surface area contributed by atoms with Crippen LogP contribution in [0.15, 0.2) is 36.4 Å². The van der Waals surface area contributed by atoms with Crippen molar-refractivity contribution in [2.75, 3.05) is 49.6 Å². The molecule has 1 aromatic heterocycles. The summed E-state index contributed by atoms with van der Waals surface area (Å²) in [6.07, 6.45) is 0.770. The minimum Gasteiger partial charge on any atom is -0.469 e. The normalized spacial score (nSPS) is 15.6. The number of methoxy groups -OCH3 is 1. The minimum absolute atomic E-state index is 0. The Morgan fingerprint density at radius 1 is 1.11 bits per heavy atom. The predicted octanol–water partition coefficient (Wildman–Crippen LogP) is 4.11. The number of hydrogen-bond acceptors (Lipinski definition) is 8. The van der Waals surface area contributed by atoms with Crippen LogP contribution in [-0.2, 0) is 32.0 Å². The predicted molar refractivity (Wildman–Crippen MR) is 148 cm³/mol. The molecule has 1 saturated heterocycles. The molecule has 0 aliphatic carbocycles. The van der Waals surface area contributed by atoms with Crippen LogP contribution in [0.4, 0.5) is 11.5 Å². The first kappa shape index (κ1) is 27.3. The summed E-state index contributed by atoms with van der Waals surface area (Å²) >= 11 is 8.13. The van der Waals surface area contributed by atoms with Gasteiger partial charge in [-0.1, -0.05) is 29.8 Å². The third kappa shape index (κ3) is 5.75. The Hall–Kier alpha value is -2.72. The van der Waals surface area contributed by atoms with Crippen LogP contribution >= 0.6 is 35.5 Å². The fourth-order valence-corrected chi connectivity index (χ4v) is 5.88. The Balaban J connectivity index is 0.00000320. The molecule has 11 heteroatoms. The van der Waals surface area contributed by atoms with Gasteiger partial charge in [0.1, 0.15) is 5.82 Å². The second-order valence-electron chi connectivity index (χ2n) is 9.03. The summed E-state index contributed by atoms with van der Waals surface area (Å²) in [6, 6.07) is 12.0. The van der Waals surface area contributed by atoms with E-state index in [9.17, 15) is 14.4 Å². The number of rotatable bonds is 7. The number of nitrogens with zero attached hydrogens (tertiary/aromatic N) is 4. The van der Waals surface area contributed by atoms with E-state index in [4.69, 9.17) is 11.6 Å². The molecule has 37 heavy (non-hydrogen) atoms. The molecule has 0 spiro atoms. The van der Waals surface area contributed by atoms with Gasteiger partial charge in [-0.2, -0.15) is 4.37 Å². The van der Waals surface area contributed by atoms with Crippen molar-refractivity contribution in [2.24, 2.45) is 0 Å². The number of carbonyl (C=O) groups excluding carboxylic acids is 3. The van der Waals surface area contributed by atoms with Gasteiger partial charge in [0.15, 0.2) is 0 Å². The molecule has 2 aliphatic heterocycles. The van der Waals surface area contributed by atoms with Gasteiger partial charge in [0.25, 0.3) is 0 Å². The van der Waals surface area contributed by atoms with E-state index in [1.807, 2.05) is 12.1 Å². The summed E-state index contributed by atoms with van der Waals surface area (Å²) in [5.74, 6) is -0.117. The molecule has 3 heterocycles. The molecule has 5 rings (SSSR count). The maximum absolute atomic E-state index is 12.6. The molecular weight excluding hydrogens is 535 g/mol. The lowest BCUT2D eigenvalue weighted by Crippen LogP contribution is -2.47. The summed E-state index contributed by atoms with van der Waals surface area (Å²) in [4.78, 5) is 42.4. The summed E-state index contributed by atoms with van der Waals surface area (Å²) in [7, 11) is 1.27. The van der Waals surface area contributed by atoms with E-state index in [1.165, 1.54) is 17.2 Å². The topological polar surface area (TPSA) is 83.0 Å². The lowest BCUT2D eigenvalue weighted by Gasteiger charge is -2.35. The highest BCUT2D eigenvalue weighted by Gasteiger charge is 2.33. The number of aromatic nitrogens is 1. The van der Waals surface area contributed by atoms with Crippen molar-refractivity contribution in [1.82, 2.24) is 9.27 Å². The second-order valence-corrected chi connectivity index (χ2v) is 10.2. The van der Waals surface area contributed by atoms with Crippen LogP contribution in [0.3, 0.4) is 0 Å².